The molecule has 0 heterocycles. The van der Waals surface area contributed by atoms with Crippen LogP contribution in [0, 0.1) is 0 Å². The van der Waals surface area contributed by atoms with Crippen molar-refractivity contribution in [3.8, 4) is 0 Å². The molecule has 1 atom stereocenters. The molecule has 2 N–H and O–H groups in total. The number of ether oxygens (including phenoxy) is 1. The summed E-state index contributed by atoms with van der Waals surface area (Å²) >= 11 is 0. The van der Waals surface area contributed by atoms with E-state index in [1.54, 1.807) is 0 Å². The Morgan fingerprint density at radius 1 is 1.64 bits per heavy atom. The summed E-state index contributed by atoms with van der Waals surface area (Å²) in [6, 6.07) is 0. The Morgan fingerprint density at radius 2 is 2.00 bits per heavy atom. The molecule has 0 saturated heterocycles. The first-order chi connectivity index (χ1) is 4.42. The van der Waals surface area contributed by atoms with Crippen LogP contribution in [0.2, 0.25) is 0 Å². The Labute approximate surface area is 67.1 Å². The van der Waals surface area contributed by atoms with Crippen LogP contribution >= 0.6 is 12.4 Å². The maximum atomic E-state index is 12.2. The van der Waals surface area contributed by atoms with Gasteiger partial charge in [-0.2, -0.15) is 0 Å². The minimum atomic E-state index is -3.69. The van der Waals surface area contributed by atoms with Crippen LogP contribution in [0.5, 0.6) is 0 Å². The van der Waals surface area contributed by atoms with Gasteiger partial charge in [0.15, 0.2) is 0 Å². The number of alkyl halides is 3. The van der Waals surface area contributed by atoms with Gasteiger partial charge in [0.1, 0.15) is 0 Å². The predicted octanol–water partition coefficient (Wildman–Crippen LogP) is 0.471. The molecule has 0 aromatic heterocycles. The smallest absolute Gasteiger partial charge is 0.365 e. The number of hydrogen-bond donors (Lipinski definition) is 1. The summed E-state index contributed by atoms with van der Waals surface area (Å²) in [4.78, 5) is 10.1. The molecule has 0 aromatic carbocycles. The molecule has 0 bridgehead atoms. The fourth-order valence-corrected chi connectivity index (χ4v) is 0.246. The van der Waals surface area contributed by atoms with Crippen LogP contribution in [-0.2, 0) is 9.53 Å². The third-order valence-corrected chi connectivity index (χ3v) is 0.816. The van der Waals surface area contributed by atoms with Gasteiger partial charge < -0.3 is 4.74 Å². The molecule has 1 unspecified atom stereocenters. The minimum Gasteiger partial charge on any atom is -0.465 e. The zero-order valence-corrected chi connectivity index (χ0v) is 6.33. The van der Waals surface area contributed by atoms with Crippen molar-refractivity contribution in [2.75, 3.05) is 7.11 Å². The van der Waals surface area contributed by atoms with Gasteiger partial charge in [-0.1, -0.05) is 0 Å². The van der Waals surface area contributed by atoms with E-state index in [2.05, 4.69) is 10.5 Å². The molecule has 0 aliphatic heterocycles. The molecule has 0 rings (SSSR count). The molecule has 7 heteroatoms. The van der Waals surface area contributed by atoms with Crippen LogP contribution < -0.4 is 5.73 Å². The van der Waals surface area contributed by atoms with Gasteiger partial charge in [-0.3, -0.25) is 5.73 Å². The van der Waals surface area contributed by atoms with E-state index in [4.69, 9.17) is 0 Å². The highest BCUT2D eigenvalue weighted by Gasteiger charge is 2.45. The molecular weight excluding hydrogens is 186 g/mol. The van der Waals surface area contributed by atoms with E-state index in [1.165, 1.54) is 0 Å². The maximum Gasteiger partial charge on any atom is 0.365 e. The molecule has 0 saturated carbocycles. The summed E-state index contributed by atoms with van der Waals surface area (Å²) in [7, 11) is 0.770. The van der Waals surface area contributed by atoms with Crippen molar-refractivity contribution in [1.29, 1.82) is 0 Å². The van der Waals surface area contributed by atoms with Crippen molar-refractivity contribution in [2.45, 2.75) is 12.2 Å². The second-order valence-corrected chi connectivity index (χ2v) is 1.56. The summed E-state index contributed by atoms with van der Waals surface area (Å²) in [6.45, 7) is 0. The van der Waals surface area contributed by atoms with Crippen molar-refractivity contribution < 1.29 is 22.7 Å². The van der Waals surface area contributed by atoms with E-state index in [0.29, 0.717) is 0 Å². The molecular formula is C4H7ClF3NO2. The lowest BCUT2D eigenvalue weighted by Gasteiger charge is -2.14. The normalized spacial score (nSPS) is 15.1. The average molecular weight is 194 g/mol. The van der Waals surface area contributed by atoms with Crippen molar-refractivity contribution in [3.63, 3.8) is 0 Å². The lowest BCUT2D eigenvalue weighted by Crippen LogP contribution is -2.50. The maximum absolute atomic E-state index is 12.2. The van der Waals surface area contributed by atoms with Crippen LogP contribution in [0.15, 0.2) is 0 Å². The zero-order chi connectivity index (χ0) is 8.36. The van der Waals surface area contributed by atoms with Crippen molar-refractivity contribution >= 4 is 18.4 Å². The Balaban J connectivity index is 0. The van der Waals surface area contributed by atoms with Crippen molar-refractivity contribution in [3.05, 3.63) is 0 Å². The molecule has 68 valence electrons. The lowest BCUT2D eigenvalue weighted by molar-refractivity contribution is -0.165. The molecule has 0 aliphatic rings. The van der Waals surface area contributed by atoms with Gasteiger partial charge in [0.2, 0.25) is 0 Å². The summed E-state index contributed by atoms with van der Waals surface area (Å²) < 4.78 is 38.7. The number of esters is 1. The molecule has 3 nitrogen and oxygen atoms in total. The molecule has 0 aromatic rings. The Kier molecular flexibility index (Phi) is 5.25. The van der Waals surface area contributed by atoms with E-state index in [1.807, 2.05) is 0 Å². The highest BCUT2D eigenvalue weighted by atomic mass is 35.5. The average Bonchev–Trinajstić information content (AvgIpc) is 1.86. The van der Waals surface area contributed by atoms with Gasteiger partial charge in [-0.15, -0.1) is 12.4 Å². The standard InChI is InChI=1S/C4H6F3NO2.ClH/c1-10-3(9)4(7,8)2(5)6;/h2H,8H2,1H3;1H. The first kappa shape index (κ1) is 13.1. The van der Waals surface area contributed by atoms with Gasteiger partial charge in [-0.25, -0.2) is 18.0 Å². The second kappa shape index (κ2) is 4.40. The number of methoxy groups -OCH3 is 1. The van der Waals surface area contributed by atoms with E-state index in [9.17, 15) is 18.0 Å². The fourth-order valence-electron chi connectivity index (χ4n) is 0.246. The van der Waals surface area contributed by atoms with E-state index in [-0.39, 0.29) is 12.4 Å². The van der Waals surface area contributed by atoms with Crippen LogP contribution in [0.4, 0.5) is 13.2 Å². The first-order valence-electron chi connectivity index (χ1n) is 2.27. The number of halogens is 4. The number of carbonyl (C=O) groups excluding carboxylic acids is 1. The topological polar surface area (TPSA) is 52.3 Å². The minimum absolute atomic E-state index is 0. The van der Waals surface area contributed by atoms with E-state index in [0.717, 1.165) is 7.11 Å². The SMILES string of the molecule is COC(=O)C(N)(F)C(F)F.Cl. The van der Waals surface area contributed by atoms with Gasteiger partial charge in [0.05, 0.1) is 7.11 Å². The summed E-state index contributed by atoms with van der Waals surface area (Å²) in [5.41, 5.74) is 4.22. The predicted molar refractivity (Wildman–Crippen MR) is 33.3 cm³/mol. The highest BCUT2D eigenvalue weighted by molar-refractivity contribution is 5.85. The van der Waals surface area contributed by atoms with Gasteiger partial charge in [-0.05, 0) is 0 Å². The molecule has 0 radical (unpaired) electrons. The molecule has 0 spiro atoms. The van der Waals surface area contributed by atoms with E-state index < -0.39 is 18.2 Å². The fraction of sp³-hybridized carbons (Fsp3) is 0.750. The third kappa shape index (κ3) is 2.94. The molecule has 0 aliphatic carbocycles. The highest BCUT2D eigenvalue weighted by Crippen LogP contribution is 2.15. The third-order valence-electron chi connectivity index (χ3n) is 0.816. The van der Waals surface area contributed by atoms with Crippen LogP contribution in [-0.4, -0.2) is 25.3 Å². The number of carbonyl (C=O) groups is 1. The molecule has 11 heavy (non-hydrogen) atoms. The summed E-state index contributed by atoms with van der Waals surface area (Å²) in [5.74, 6) is -5.46. The zero-order valence-electron chi connectivity index (χ0n) is 5.51. The first-order valence-corrected chi connectivity index (χ1v) is 2.27. The Morgan fingerprint density at radius 3 is 2.09 bits per heavy atom. The van der Waals surface area contributed by atoms with E-state index >= 15 is 0 Å². The molecule has 0 amide bonds. The van der Waals surface area contributed by atoms with Crippen molar-refractivity contribution in [1.82, 2.24) is 0 Å². The van der Waals surface area contributed by atoms with Crippen molar-refractivity contribution in [2.24, 2.45) is 5.73 Å². The summed E-state index contributed by atoms with van der Waals surface area (Å²) in [5, 5.41) is 0. The quantitative estimate of drug-likeness (QED) is 0.512. The van der Waals surface area contributed by atoms with Crippen LogP contribution in [0.3, 0.4) is 0 Å². The lowest BCUT2D eigenvalue weighted by atomic mass is 10.3. The Hall–Kier alpha value is -0.490. The van der Waals surface area contributed by atoms with Crippen LogP contribution in [0.25, 0.3) is 0 Å². The largest absolute Gasteiger partial charge is 0.465 e. The summed E-state index contributed by atoms with van der Waals surface area (Å²) in [6.07, 6.45) is -3.57. The van der Waals surface area contributed by atoms with Gasteiger partial charge in [0, 0.05) is 0 Å². The second-order valence-electron chi connectivity index (χ2n) is 1.56. The van der Waals surface area contributed by atoms with Gasteiger partial charge >= 0.3 is 11.8 Å². The van der Waals surface area contributed by atoms with Crippen LogP contribution in [0.1, 0.15) is 0 Å². The molecule has 0 fully saturated rings. The number of rotatable bonds is 2. The Bertz CT molecular complexity index is 141. The monoisotopic (exact) mass is 193 g/mol. The number of nitrogens with two attached hydrogens (primary N) is 1. The number of hydrogen-bond acceptors (Lipinski definition) is 3. The van der Waals surface area contributed by atoms with Gasteiger partial charge in [0.25, 0.3) is 6.43 Å².